The Hall–Kier alpha value is -1.95. The monoisotopic (exact) mass is 454 g/mol. The highest BCUT2D eigenvalue weighted by atomic mass is 35.5. The molecule has 3 heterocycles. The quantitative estimate of drug-likeness (QED) is 0.457. The first-order valence-corrected chi connectivity index (χ1v) is 12.3. The van der Waals surface area contributed by atoms with E-state index in [0.29, 0.717) is 0 Å². The first-order valence-electron chi connectivity index (χ1n) is 10.2. The van der Waals surface area contributed by atoms with E-state index in [1.54, 1.807) is 23.1 Å². The van der Waals surface area contributed by atoms with Crippen LogP contribution in [-0.4, -0.2) is 37.0 Å². The molecule has 2 aliphatic heterocycles. The average molecular weight is 455 g/mol. The number of anilines is 1. The number of thiophene rings is 1. The van der Waals surface area contributed by atoms with Crippen molar-refractivity contribution >= 4 is 46.3 Å². The summed E-state index contributed by atoms with van der Waals surface area (Å²) in [5, 5.41) is 0.763. The molecule has 1 amide bonds. The first-order chi connectivity index (χ1) is 14.5. The summed E-state index contributed by atoms with van der Waals surface area (Å²) in [6, 6.07) is 14.7. The molecule has 3 aromatic rings. The molecule has 0 N–H and O–H groups in total. The lowest BCUT2D eigenvalue weighted by Crippen LogP contribution is -2.48. The van der Waals surface area contributed by atoms with Crippen molar-refractivity contribution in [2.75, 3.05) is 31.1 Å². The SMILES string of the molecule is Cc1ccc(N2CCN(C(=O)c3cc4c(s3)-c3ccc(Cl)cc3SC4)CC2)c(C)c1. The summed E-state index contributed by atoms with van der Waals surface area (Å²) >= 11 is 9.58. The Morgan fingerprint density at radius 1 is 1.00 bits per heavy atom. The highest BCUT2D eigenvalue weighted by molar-refractivity contribution is 7.98. The van der Waals surface area contributed by atoms with E-state index in [9.17, 15) is 4.79 Å². The van der Waals surface area contributed by atoms with Crippen molar-refractivity contribution in [2.24, 2.45) is 0 Å². The van der Waals surface area contributed by atoms with Crippen LogP contribution in [0.15, 0.2) is 47.4 Å². The minimum Gasteiger partial charge on any atom is -0.368 e. The zero-order valence-electron chi connectivity index (χ0n) is 17.1. The molecule has 3 nitrogen and oxygen atoms in total. The third-order valence-electron chi connectivity index (χ3n) is 5.85. The molecule has 0 saturated carbocycles. The van der Waals surface area contributed by atoms with Crippen molar-refractivity contribution in [1.82, 2.24) is 4.90 Å². The smallest absolute Gasteiger partial charge is 0.264 e. The topological polar surface area (TPSA) is 23.6 Å². The molecule has 5 rings (SSSR count). The molecule has 30 heavy (non-hydrogen) atoms. The van der Waals surface area contributed by atoms with Gasteiger partial charge in [0.25, 0.3) is 5.91 Å². The van der Waals surface area contributed by atoms with E-state index >= 15 is 0 Å². The van der Waals surface area contributed by atoms with Gasteiger partial charge in [-0.15, -0.1) is 23.1 Å². The standard InChI is InChI=1S/C24H23ClN2OS2/c1-15-3-6-20(16(2)11-15)26-7-9-27(10-8-26)24(28)22-12-17-14-29-21-13-18(25)4-5-19(21)23(17)30-22/h3-6,11-13H,7-10,14H2,1-2H3. The number of fused-ring (bicyclic) bond motifs is 3. The number of rotatable bonds is 2. The van der Waals surface area contributed by atoms with Crippen LogP contribution in [0.25, 0.3) is 10.4 Å². The summed E-state index contributed by atoms with van der Waals surface area (Å²) < 4.78 is 0. The van der Waals surface area contributed by atoms with E-state index in [1.807, 2.05) is 17.0 Å². The van der Waals surface area contributed by atoms with Gasteiger partial charge in [-0.2, -0.15) is 0 Å². The zero-order chi connectivity index (χ0) is 20.8. The van der Waals surface area contributed by atoms with Crippen molar-refractivity contribution in [3.05, 3.63) is 69.1 Å². The van der Waals surface area contributed by atoms with Crippen LogP contribution in [0.4, 0.5) is 5.69 Å². The lowest BCUT2D eigenvalue weighted by molar-refractivity contribution is 0.0751. The fourth-order valence-corrected chi connectivity index (χ4v) is 6.95. The van der Waals surface area contributed by atoms with E-state index in [0.717, 1.165) is 41.8 Å². The molecule has 0 aliphatic carbocycles. The number of nitrogens with zero attached hydrogens (tertiary/aromatic N) is 2. The number of benzene rings is 2. The molecular formula is C24H23ClN2OS2. The second-order valence-electron chi connectivity index (χ2n) is 7.96. The molecule has 0 radical (unpaired) electrons. The average Bonchev–Trinajstić information content (AvgIpc) is 3.18. The zero-order valence-corrected chi connectivity index (χ0v) is 19.5. The van der Waals surface area contributed by atoms with Crippen LogP contribution in [0.1, 0.15) is 26.4 Å². The van der Waals surface area contributed by atoms with Crippen molar-refractivity contribution in [1.29, 1.82) is 0 Å². The van der Waals surface area contributed by atoms with Crippen molar-refractivity contribution in [3.8, 4) is 10.4 Å². The molecule has 0 spiro atoms. The van der Waals surface area contributed by atoms with Gasteiger partial charge in [0.2, 0.25) is 0 Å². The molecule has 1 aromatic heterocycles. The molecule has 2 aliphatic rings. The number of carbonyl (C=O) groups is 1. The highest BCUT2D eigenvalue weighted by Crippen LogP contribution is 2.46. The van der Waals surface area contributed by atoms with Crippen LogP contribution >= 0.6 is 34.7 Å². The largest absolute Gasteiger partial charge is 0.368 e. The lowest BCUT2D eigenvalue weighted by atomic mass is 10.1. The molecule has 0 unspecified atom stereocenters. The second-order valence-corrected chi connectivity index (χ2v) is 10.5. The van der Waals surface area contributed by atoms with E-state index in [-0.39, 0.29) is 5.91 Å². The van der Waals surface area contributed by atoms with Crippen molar-refractivity contribution in [3.63, 3.8) is 0 Å². The van der Waals surface area contributed by atoms with Gasteiger partial charge in [-0.1, -0.05) is 35.4 Å². The number of carbonyl (C=O) groups excluding carboxylic acids is 1. The van der Waals surface area contributed by atoms with Crippen molar-refractivity contribution < 1.29 is 4.79 Å². The Bertz CT molecular complexity index is 1130. The summed E-state index contributed by atoms with van der Waals surface area (Å²) in [7, 11) is 0. The number of piperazine rings is 1. The normalized spacial score (nSPS) is 15.7. The fourth-order valence-electron chi connectivity index (χ4n) is 4.29. The van der Waals surface area contributed by atoms with E-state index < -0.39 is 0 Å². The van der Waals surface area contributed by atoms with Gasteiger partial charge in [-0.25, -0.2) is 0 Å². The molecule has 0 bridgehead atoms. The number of amides is 1. The van der Waals surface area contributed by atoms with Crippen LogP contribution < -0.4 is 4.90 Å². The van der Waals surface area contributed by atoms with Gasteiger partial charge >= 0.3 is 0 Å². The molecule has 154 valence electrons. The van der Waals surface area contributed by atoms with Gasteiger partial charge in [0, 0.05) is 58.0 Å². The summed E-state index contributed by atoms with van der Waals surface area (Å²) in [5.74, 6) is 1.06. The third kappa shape index (κ3) is 3.64. The molecule has 1 fully saturated rings. The van der Waals surface area contributed by atoms with Crippen LogP contribution in [0.5, 0.6) is 0 Å². The predicted molar refractivity (Wildman–Crippen MR) is 128 cm³/mol. The summed E-state index contributed by atoms with van der Waals surface area (Å²) in [6.45, 7) is 7.56. The minimum absolute atomic E-state index is 0.162. The minimum atomic E-state index is 0.162. The van der Waals surface area contributed by atoms with E-state index in [1.165, 1.54) is 37.7 Å². The van der Waals surface area contributed by atoms with Gasteiger partial charge < -0.3 is 9.80 Å². The summed E-state index contributed by atoms with van der Waals surface area (Å²) in [4.78, 5) is 20.9. The lowest BCUT2D eigenvalue weighted by Gasteiger charge is -2.36. The second kappa shape index (κ2) is 7.95. The van der Waals surface area contributed by atoms with Gasteiger partial charge in [0.05, 0.1) is 4.88 Å². The van der Waals surface area contributed by atoms with Gasteiger partial charge in [0.1, 0.15) is 0 Å². The van der Waals surface area contributed by atoms with Crippen LogP contribution in [-0.2, 0) is 5.75 Å². The van der Waals surface area contributed by atoms with E-state index in [4.69, 9.17) is 11.6 Å². The summed E-state index contributed by atoms with van der Waals surface area (Å²) in [5.41, 5.74) is 6.34. The number of hydrogen-bond donors (Lipinski definition) is 0. The van der Waals surface area contributed by atoms with Crippen LogP contribution in [0.3, 0.4) is 0 Å². The Morgan fingerprint density at radius 3 is 2.57 bits per heavy atom. The number of halogens is 1. The van der Waals surface area contributed by atoms with Crippen LogP contribution in [0.2, 0.25) is 5.02 Å². The number of thioether (sulfide) groups is 1. The van der Waals surface area contributed by atoms with Gasteiger partial charge in [-0.05, 0) is 49.2 Å². The van der Waals surface area contributed by atoms with Gasteiger partial charge in [0.15, 0.2) is 0 Å². The summed E-state index contributed by atoms with van der Waals surface area (Å²) in [6.07, 6.45) is 0. The van der Waals surface area contributed by atoms with E-state index in [2.05, 4.69) is 49.1 Å². The maximum absolute atomic E-state index is 13.2. The molecular weight excluding hydrogens is 432 g/mol. The third-order valence-corrected chi connectivity index (χ3v) is 8.39. The number of hydrogen-bond acceptors (Lipinski definition) is 4. The van der Waals surface area contributed by atoms with Crippen LogP contribution in [0, 0.1) is 13.8 Å². The molecule has 1 saturated heterocycles. The molecule has 6 heteroatoms. The fraction of sp³-hybridized carbons (Fsp3) is 0.292. The molecule has 2 aromatic carbocycles. The predicted octanol–water partition coefficient (Wildman–Crippen LogP) is 6.25. The Balaban J connectivity index is 1.32. The van der Waals surface area contributed by atoms with Gasteiger partial charge in [-0.3, -0.25) is 4.79 Å². The number of aryl methyl sites for hydroxylation is 2. The van der Waals surface area contributed by atoms with Crippen molar-refractivity contribution in [2.45, 2.75) is 24.5 Å². The maximum atomic E-state index is 13.2. The highest BCUT2D eigenvalue weighted by Gasteiger charge is 2.27. The molecule has 0 atom stereocenters. The Kier molecular flexibility index (Phi) is 5.30. The first kappa shape index (κ1) is 20.0. The Morgan fingerprint density at radius 2 is 1.80 bits per heavy atom. The Labute approximate surface area is 190 Å². The maximum Gasteiger partial charge on any atom is 0.264 e.